The lowest BCUT2D eigenvalue weighted by molar-refractivity contribution is -0.154. The molecule has 1 aliphatic heterocycles. The molecule has 1 aromatic carbocycles. The fourth-order valence-corrected chi connectivity index (χ4v) is 4.13. The molecule has 0 N–H and O–H groups in total. The van der Waals surface area contributed by atoms with Gasteiger partial charge in [0.05, 0.1) is 22.3 Å². The fraction of sp³-hybridized carbons (Fsp3) is 0.368. The zero-order valence-electron chi connectivity index (χ0n) is 14.5. The number of fused-ring (bicyclic) bond motifs is 1. The van der Waals surface area contributed by atoms with Crippen LogP contribution in [-0.4, -0.2) is 34.0 Å². The van der Waals surface area contributed by atoms with Crippen LogP contribution < -0.4 is 4.90 Å². The highest BCUT2D eigenvalue weighted by Gasteiger charge is 2.28. The second-order valence-electron chi connectivity index (χ2n) is 6.42. The molecule has 1 unspecified atom stereocenters. The maximum atomic E-state index is 12.5. The Balaban J connectivity index is 1.35. The zero-order valence-corrected chi connectivity index (χ0v) is 15.4. The summed E-state index contributed by atoms with van der Waals surface area (Å²) in [6, 6.07) is 7.97. The van der Waals surface area contributed by atoms with Crippen LogP contribution in [0.15, 0.2) is 42.9 Å². The van der Waals surface area contributed by atoms with Crippen molar-refractivity contribution in [1.82, 2.24) is 15.0 Å². The standard InChI is InChI=1S/C19H20N4O2S/c1-13(18-22-15-4-2-3-5-16(15)26-18)25-19(24)14-6-10-23(11-7-14)17-12-20-8-9-21-17/h2-5,8-9,12-14H,6-7,10-11H2,1H3. The molecule has 6 nitrogen and oxygen atoms in total. The molecule has 2 aromatic heterocycles. The van der Waals surface area contributed by atoms with Crippen molar-refractivity contribution >= 4 is 33.3 Å². The van der Waals surface area contributed by atoms with E-state index in [1.54, 1.807) is 29.9 Å². The van der Waals surface area contributed by atoms with E-state index in [4.69, 9.17) is 4.74 Å². The molecular formula is C19H20N4O2S. The van der Waals surface area contributed by atoms with E-state index in [1.165, 1.54) is 0 Å². The van der Waals surface area contributed by atoms with Gasteiger partial charge in [0, 0.05) is 25.5 Å². The molecule has 1 aliphatic rings. The first-order chi connectivity index (χ1) is 12.7. The van der Waals surface area contributed by atoms with Crippen molar-refractivity contribution in [2.75, 3.05) is 18.0 Å². The number of benzene rings is 1. The summed E-state index contributed by atoms with van der Waals surface area (Å²) < 4.78 is 6.82. The number of ether oxygens (including phenoxy) is 1. The van der Waals surface area contributed by atoms with Gasteiger partial charge >= 0.3 is 5.97 Å². The van der Waals surface area contributed by atoms with Gasteiger partial charge in [0.1, 0.15) is 10.8 Å². The predicted molar refractivity (Wildman–Crippen MR) is 101 cm³/mol. The molecule has 0 saturated carbocycles. The van der Waals surface area contributed by atoms with Crippen molar-refractivity contribution < 1.29 is 9.53 Å². The Morgan fingerprint density at radius 1 is 1.27 bits per heavy atom. The van der Waals surface area contributed by atoms with E-state index in [-0.39, 0.29) is 18.0 Å². The number of carbonyl (C=O) groups excluding carboxylic acids is 1. The minimum Gasteiger partial charge on any atom is -0.455 e. The summed E-state index contributed by atoms with van der Waals surface area (Å²) in [4.78, 5) is 27.7. The van der Waals surface area contributed by atoms with Crippen molar-refractivity contribution in [3.63, 3.8) is 0 Å². The maximum absolute atomic E-state index is 12.5. The second kappa shape index (κ2) is 7.37. The summed E-state index contributed by atoms with van der Waals surface area (Å²) in [6.07, 6.45) is 6.32. The number of aromatic nitrogens is 3. The van der Waals surface area contributed by atoms with Crippen LogP contribution in [0.25, 0.3) is 10.2 Å². The van der Waals surface area contributed by atoms with E-state index in [2.05, 4.69) is 19.9 Å². The average Bonchev–Trinajstić information content (AvgIpc) is 3.13. The number of hydrogen-bond donors (Lipinski definition) is 0. The lowest BCUT2D eigenvalue weighted by Crippen LogP contribution is -2.37. The SMILES string of the molecule is CC(OC(=O)C1CCN(c2cnccn2)CC1)c1nc2ccccc2s1. The van der Waals surface area contributed by atoms with Gasteiger partial charge in [-0.05, 0) is 31.9 Å². The summed E-state index contributed by atoms with van der Waals surface area (Å²) in [7, 11) is 0. The van der Waals surface area contributed by atoms with Gasteiger partial charge in [0.25, 0.3) is 0 Å². The second-order valence-corrected chi connectivity index (χ2v) is 7.49. The molecule has 134 valence electrons. The molecule has 0 spiro atoms. The number of piperidine rings is 1. The quantitative estimate of drug-likeness (QED) is 0.656. The summed E-state index contributed by atoms with van der Waals surface area (Å²) in [6.45, 7) is 3.46. The number of nitrogens with zero attached hydrogens (tertiary/aromatic N) is 4. The lowest BCUT2D eigenvalue weighted by atomic mass is 9.97. The molecule has 3 heterocycles. The predicted octanol–water partition coefficient (Wildman–Crippen LogP) is 3.61. The Morgan fingerprint density at radius 3 is 2.81 bits per heavy atom. The molecule has 1 saturated heterocycles. The van der Waals surface area contributed by atoms with Crippen molar-refractivity contribution in [2.24, 2.45) is 5.92 Å². The van der Waals surface area contributed by atoms with Gasteiger partial charge in [-0.15, -0.1) is 11.3 Å². The van der Waals surface area contributed by atoms with Gasteiger partial charge < -0.3 is 9.64 Å². The molecule has 1 atom stereocenters. The third-order valence-corrected chi connectivity index (χ3v) is 5.85. The van der Waals surface area contributed by atoms with Crippen LogP contribution in [0, 0.1) is 5.92 Å². The van der Waals surface area contributed by atoms with Crippen LogP contribution in [0.4, 0.5) is 5.82 Å². The third-order valence-electron chi connectivity index (χ3n) is 4.65. The number of esters is 1. The number of anilines is 1. The van der Waals surface area contributed by atoms with Crippen LogP contribution in [0.1, 0.15) is 30.9 Å². The number of thiazole rings is 1. The van der Waals surface area contributed by atoms with Crippen LogP contribution in [0.3, 0.4) is 0 Å². The molecule has 0 bridgehead atoms. The first-order valence-corrected chi connectivity index (χ1v) is 9.59. The van der Waals surface area contributed by atoms with Crippen molar-refractivity contribution in [1.29, 1.82) is 0 Å². The molecule has 3 aromatic rings. The van der Waals surface area contributed by atoms with E-state index in [0.29, 0.717) is 0 Å². The highest BCUT2D eigenvalue weighted by molar-refractivity contribution is 7.18. The van der Waals surface area contributed by atoms with Gasteiger partial charge in [-0.3, -0.25) is 9.78 Å². The van der Waals surface area contributed by atoms with Crippen LogP contribution >= 0.6 is 11.3 Å². The average molecular weight is 368 g/mol. The van der Waals surface area contributed by atoms with Gasteiger partial charge in [-0.25, -0.2) is 9.97 Å². The van der Waals surface area contributed by atoms with E-state index in [9.17, 15) is 4.79 Å². The summed E-state index contributed by atoms with van der Waals surface area (Å²) in [5.74, 6) is 0.664. The highest BCUT2D eigenvalue weighted by Crippen LogP contribution is 2.30. The molecule has 0 radical (unpaired) electrons. The first kappa shape index (κ1) is 16.9. The smallest absolute Gasteiger partial charge is 0.309 e. The third kappa shape index (κ3) is 3.53. The van der Waals surface area contributed by atoms with Crippen LogP contribution in [0.5, 0.6) is 0 Å². The molecule has 4 rings (SSSR count). The molecule has 0 aliphatic carbocycles. The van der Waals surface area contributed by atoms with Crippen molar-refractivity contribution in [3.05, 3.63) is 47.9 Å². The summed E-state index contributed by atoms with van der Waals surface area (Å²) in [5, 5.41) is 0.844. The van der Waals surface area contributed by atoms with Gasteiger partial charge in [0.2, 0.25) is 0 Å². The molecule has 1 fully saturated rings. The highest BCUT2D eigenvalue weighted by atomic mass is 32.1. The number of para-hydroxylation sites is 1. The van der Waals surface area contributed by atoms with E-state index < -0.39 is 0 Å². The Morgan fingerprint density at radius 2 is 2.08 bits per heavy atom. The summed E-state index contributed by atoms with van der Waals surface area (Å²) >= 11 is 1.58. The Kier molecular flexibility index (Phi) is 4.79. The van der Waals surface area contributed by atoms with Gasteiger partial charge in [0.15, 0.2) is 6.10 Å². The van der Waals surface area contributed by atoms with Gasteiger partial charge in [-0.1, -0.05) is 12.1 Å². The monoisotopic (exact) mass is 368 g/mol. The Labute approximate surface area is 155 Å². The number of hydrogen-bond acceptors (Lipinski definition) is 7. The first-order valence-electron chi connectivity index (χ1n) is 8.77. The Hall–Kier alpha value is -2.54. The van der Waals surface area contributed by atoms with E-state index in [1.807, 2.05) is 31.2 Å². The van der Waals surface area contributed by atoms with E-state index >= 15 is 0 Å². The fourth-order valence-electron chi connectivity index (χ4n) is 3.18. The van der Waals surface area contributed by atoms with E-state index in [0.717, 1.165) is 47.0 Å². The molecule has 7 heteroatoms. The lowest BCUT2D eigenvalue weighted by Gasteiger charge is -2.31. The zero-order chi connectivity index (χ0) is 17.9. The summed E-state index contributed by atoms with van der Waals surface area (Å²) in [5.41, 5.74) is 0.952. The minimum atomic E-state index is -0.321. The van der Waals surface area contributed by atoms with Crippen molar-refractivity contribution in [2.45, 2.75) is 25.9 Å². The normalized spacial score (nSPS) is 16.6. The molecule has 26 heavy (non-hydrogen) atoms. The van der Waals surface area contributed by atoms with Gasteiger partial charge in [-0.2, -0.15) is 0 Å². The topological polar surface area (TPSA) is 68.2 Å². The van der Waals surface area contributed by atoms with Crippen LogP contribution in [-0.2, 0) is 9.53 Å². The number of carbonyl (C=O) groups is 1. The van der Waals surface area contributed by atoms with Crippen molar-refractivity contribution in [3.8, 4) is 0 Å². The molecule has 0 amide bonds. The van der Waals surface area contributed by atoms with Crippen LogP contribution in [0.2, 0.25) is 0 Å². The molecular weight excluding hydrogens is 348 g/mol. The largest absolute Gasteiger partial charge is 0.455 e. The number of rotatable bonds is 4. The minimum absolute atomic E-state index is 0.0697. The Bertz CT molecular complexity index is 858. The maximum Gasteiger partial charge on any atom is 0.309 e.